The molecule has 19 heavy (non-hydrogen) atoms. The molecule has 2 nitrogen and oxygen atoms in total. The smallest absolute Gasteiger partial charge is 0.256 e. The van der Waals surface area contributed by atoms with Gasteiger partial charge in [0.05, 0.1) is 5.56 Å². The van der Waals surface area contributed by atoms with E-state index >= 15 is 0 Å². The maximum Gasteiger partial charge on any atom is 0.256 e. The highest BCUT2D eigenvalue weighted by Crippen LogP contribution is 2.23. The lowest BCUT2D eigenvalue weighted by Crippen LogP contribution is -2.12. The second-order valence-electron chi connectivity index (χ2n) is 4.40. The number of rotatable bonds is 2. The zero-order valence-corrected chi connectivity index (χ0v) is 13.0. The lowest BCUT2D eigenvalue weighted by atomic mass is 10.1. The summed E-state index contributed by atoms with van der Waals surface area (Å²) in [5, 5.41) is 3.48. The van der Waals surface area contributed by atoms with Crippen molar-refractivity contribution in [3.05, 3.63) is 62.6 Å². The second kappa shape index (κ2) is 5.76. The maximum absolute atomic E-state index is 12.2. The molecule has 0 aliphatic heterocycles. The minimum Gasteiger partial charge on any atom is -0.322 e. The van der Waals surface area contributed by atoms with Crippen molar-refractivity contribution in [2.75, 3.05) is 5.32 Å². The van der Waals surface area contributed by atoms with E-state index in [1.807, 2.05) is 44.2 Å². The van der Waals surface area contributed by atoms with E-state index in [0.717, 1.165) is 15.6 Å². The van der Waals surface area contributed by atoms with Crippen LogP contribution in [0.4, 0.5) is 5.69 Å². The fourth-order valence-corrected chi connectivity index (χ4v) is 2.29. The summed E-state index contributed by atoms with van der Waals surface area (Å²) in [6, 6.07) is 11.1. The van der Waals surface area contributed by atoms with Crippen LogP contribution in [0.1, 0.15) is 21.5 Å². The normalized spacial score (nSPS) is 10.3. The molecule has 4 heteroatoms. The number of hydrogen-bond acceptors (Lipinski definition) is 1. The van der Waals surface area contributed by atoms with E-state index in [1.165, 1.54) is 0 Å². The second-order valence-corrected chi connectivity index (χ2v) is 5.66. The van der Waals surface area contributed by atoms with Gasteiger partial charge >= 0.3 is 0 Å². The topological polar surface area (TPSA) is 29.1 Å². The average molecular weight is 339 g/mol. The molecule has 0 unspecified atom stereocenters. The summed E-state index contributed by atoms with van der Waals surface area (Å²) in [5.41, 5.74) is 3.32. The minimum atomic E-state index is -0.157. The molecule has 0 atom stereocenters. The largest absolute Gasteiger partial charge is 0.322 e. The summed E-state index contributed by atoms with van der Waals surface area (Å²) in [5.74, 6) is -0.157. The first-order chi connectivity index (χ1) is 8.97. The van der Waals surface area contributed by atoms with Crippen LogP contribution >= 0.6 is 27.5 Å². The highest BCUT2D eigenvalue weighted by molar-refractivity contribution is 9.10. The number of benzene rings is 2. The predicted octanol–water partition coefficient (Wildman–Crippen LogP) is 4.97. The van der Waals surface area contributed by atoms with Gasteiger partial charge < -0.3 is 5.32 Å². The minimum absolute atomic E-state index is 0.157. The molecule has 2 aromatic rings. The molecule has 98 valence electrons. The number of carbonyl (C=O) groups excluding carboxylic acids is 1. The fourth-order valence-electron chi connectivity index (χ4n) is 1.68. The van der Waals surface area contributed by atoms with Gasteiger partial charge in [0.2, 0.25) is 0 Å². The number of aryl methyl sites for hydroxylation is 2. The number of anilines is 1. The van der Waals surface area contributed by atoms with E-state index < -0.39 is 0 Å². The third-order valence-corrected chi connectivity index (χ3v) is 3.89. The Labute approximate surface area is 125 Å². The van der Waals surface area contributed by atoms with Gasteiger partial charge in [-0.3, -0.25) is 4.79 Å². The van der Waals surface area contributed by atoms with Gasteiger partial charge in [0.25, 0.3) is 5.91 Å². The van der Waals surface area contributed by atoms with Crippen LogP contribution in [-0.2, 0) is 0 Å². The summed E-state index contributed by atoms with van der Waals surface area (Å²) in [6.45, 7) is 3.87. The Balaban J connectivity index is 2.25. The molecule has 0 aliphatic rings. The van der Waals surface area contributed by atoms with Crippen molar-refractivity contribution in [2.45, 2.75) is 13.8 Å². The standard InChI is InChI=1S/C15H13BrClNO/c1-9-3-6-13(16)12(7-9)15(19)18-11-5-4-10(2)14(17)8-11/h3-8H,1-2H3,(H,18,19). The van der Waals surface area contributed by atoms with Gasteiger partial charge in [-0.15, -0.1) is 0 Å². The van der Waals surface area contributed by atoms with E-state index in [-0.39, 0.29) is 5.91 Å². The maximum atomic E-state index is 12.2. The molecule has 0 spiro atoms. The molecule has 0 saturated heterocycles. The van der Waals surface area contributed by atoms with Crippen molar-refractivity contribution < 1.29 is 4.79 Å². The van der Waals surface area contributed by atoms with E-state index in [2.05, 4.69) is 21.2 Å². The number of nitrogens with one attached hydrogen (secondary N) is 1. The zero-order valence-electron chi connectivity index (χ0n) is 10.6. The molecule has 2 aromatic carbocycles. The molecule has 0 radical (unpaired) electrons. The Kier molecular flexibility index (Phi) is 4.27. The van der Waals surface area contributed by atoms with Crippen molar-refractivity contribution in [2.24, 2.45) is 0 Å². The molecule has 1 N–H and O–H groups in total. The van der Waals surface area contributed by atoms with Gasteiger partial charge in [0, 0.05) is 15.2 Å². The van der Waals surface area contributed by atoms with Crippen LogP contribution < -0.4 is 5.32 Å². The molecule has 0 aliphatic carbocycles. The van der Waals surface area contributed by atoms with Crippen LogP contribution in [0.15, 0.2) is 40.9 Å². The van der Waals surface area contributed by atoms with Crippen LogP contribution in [-0.4, -0.2) is 5.91 Å². The Hall–Kier alpha value is -1.32. The van der Waals surface area contributed by atoms with E-state index in [9.17, 15) is 4.79 Å². The van der Waals surface area contributed by atoms with Crippen LogP contribution in [0.3, 0.4) is 0 Å². The Morgan fingerprint density at radius 1 is 1.16 bits per heavy atom. The van der Waals surface area contributed by atoms with Crippen molar-refractivity contribution in [3.63, 3.8) is 0 Å². The number of carbonyl (C=O) groups is 1. The molecule has 2 rings (SSSR count). The summed E-state index contributed by atoms with van der Waals surface area (Å²) >= 11 is 9.42. The first kappa shape index (κ1) is 14.1. The Morgan fingerprint density at radius 2 is 1.89 bits per heavy atom. The van der Waals surface area contributed by atoms with Crippen LogP contribution in [0.2, 0.25) is 5.02 Å². The van der Waals surface area contributed by atoms with E-state index in [4.69, 9.17) is 11.6 Å². The first-order valence-corrected chi connectivity index (χ1v) is 6.98. The van der Waals surface area contributed by atoms with Gasteiger partial charge in [-0.1, -0.05) is 29.3 Å². The highest BCUT2D eigenvalue weighted by Gasteiger charge is 2.11. The molecule has 0 aromatic heterocycles. The van der Waals surface area contributed by atoms with E-state index in [0.29, 0.717) is 16.3 Å². The van der Waals surface area contributed by atoms with Crippen molar-refractivity contribution in [3.8, 4) is 0 Å². The number of hydrogen-bond donors (Lipinski definition) is 1. The van der Waals surface area contributed by atoms with Crippen LogP contribution in [0.5, 0.6) is 0 Å². The SMILES string of the molecule is Cc1ccc(Br)c(C(=O)Nc2ccc(C)c(Cl)c2)c1. The van der Waals surface area contributed by atoms with Crippen LogP contribution in [0.25, 0.3) is 0 Å². The third kappa shape index (κ3) is 3.37. The molecule has 0 heterocycles. The summed E-state index contributed by atoms with van der Waals surface area (Å²) in [6.07, 6.45) is 0. The van der Waals surface area contributed by atoms with Crippen molar-refractivity contribution in [1.29, 1.82) is 0 Å². The first-order valence-electron chi connectivity index (χ1n) is 5.81. The highest BCUT2D eigenvalue weighted by atomic mass is 79.9. The van der Waals surface area contributed by atoms with Gasteiger partial charge in [0.1, 0.15) is 0 Å². The zero-order chi connectivity index (χ0) is 14.0. The van der Waals surface area contributed by atoms with Gasteiger partial charge in [-0.05, 0) is 59.6 Å². The fraction of sp³-hybridized carbons (Fsp3) is 0.133. The molecule has 0 fully saturated rings. The van der Waals surface area contributed by atoms with Crippen LogP contribution in [0, 0.1) is 13.8 Å². The molecular weight excluding hydrogens is 326 g/mol. The van der Waals surface area contributed by atoms with E-state index in [1.54, 1.807) is 6.07 Å². The Morgan fingerprint density at radius 3 is 2.58 bits per heavy atom. The van der Waals surface area contributed by atoms with Crippen molar-refractivity contribution in [1.82, 2.24) is 0 Å². The van der Waals surface area contributed by atoms with Crippen molar-refractivity contribution >= 4 is 39.1 Å². The molecular formula is C15H13BrClNO. The quantitative estimate of drug-likeness (QED) is 0.823. The summed E-state index contributed by atoms with van der Waals surface area (Å²) in [7, 11) is 0. The average Bonchev–Trinajstić information content (AvgIpc) is 2.36. The lowest BCUT2D eigenvalue weighted by Gasteiger charge is -2.09. The van der Waals surface area contributed by atoms with Gasteiger partial charge in [-0.25, -0.2) is 0 Å². The monoisotopic (exact) mass is 337 g/mol. The third-order valence-electron chi connectivity index (χ3n) is 2.80. The van der Waals surface area contributed by atoms with Gasteiger partial charge in [-0.2, -0.15) is 0 Å². The molecule has 0 bridgehead atoms. The summed E-state index contributed by atoms with van der Waals surface area (Å²) < 4.78 is 0.772. The number of halogens is 2. The molecule has 1 amide bonds. The van der Waals surface area contributed by atoms with Gasteiger partial charge in [0.15, 0.2) is 0 Å². The molecule has 0 saturated carbocycles. The summed E-state index contributed by atoms with van der Waals surface area (Å²) in [4.78, 5) is 12.2. The number of amides is 1. The Bertz CT molecular complexity index is 640. The lowest BCUT2D eigenvalue weighted by molar-refractivity contribution is 0.102. The predicted molar refractivity (Wildman–Crippen MR) is 83.0 cm³/mol.